The van der Waals surface area contributed by atoms with E-state index in [1.165, 1.54) is 0 Å². The fourth-order valence-corrected chi connectivity index (χ4v) is 3.19. The Morgan fingerprint density at radius 1 is 1.27 bits per heavy atom. The predicted molar refractivity (Wildman–Crippen MR) is 60.6 cm³/mol. The topological polar surface area (TPSA) is 57.6 Å². The summed E-state index contributed by atoms with van der Waals surface area (Å²) in [4.78, 5) is 2.12. The molecule has 1 saturated heterocycles. The molecule has 1 heterocycles. The van der Waals surface area contributed by atoms with E-state index in [-0.39, 0.29) is 11.9 Å². The van der Waals surface area contributed by atoms with Gasteiger partial charge in [0.2, 0.25) is 0 Å². The number of hydrogen-bond acceptors (Lipinski definition) is 4. The molecule has 1 fully saturated rings. The summed E-state index contributed by atoms with van der Waals surface area (Å²) in [7, 11) is -2.85. The van der Waals surface area contributed by atoms with Crippen LogP contribution in [0, 0.1) is 0 Å². The first kappa shape index (κ1) is 12.9. The van der Waals surface area contributed by atoms with Gasteiger partial charge in [0.15, 0.2) is 9.84 Å². The lowest BCUT2D eigenvalue weighted by molar-refractivity contribution is 0.0855. The number of rotatable bonds is 5. The maximum absolute atomic E-state index is 11.5. The van der Waals surface area contributed by atoms with E-state index in [0.717, 1.165) is 25.9 Å². The molecule has 1 N–H and O–H groups in total. The van der Waals surface area contributed by atoms with Crippen molar-refractivity contribution in [3.8, 4) is 0 Å². The lowest BCUT2D eigenvalue weighted by Crippen LogP contribution is -2.38. The van der Waals surface area contributed by atoms with Crippen molar-refractivity contribution in [2.24, 2.45) is 0 Å². The number of likely N-dealkylation sites (tertiary alicyclic amines) is 1. The SMILES string of the molecule is CCCS(=O)(=O)CCN1CCC(O)CC1. The number of hydrogen-bond donors (Lipinski definition) is 1. The molecule has 0 bridgehead atoms. The molecule has 0 spiro atoms. The van der Waals surface area contributed by atoms with Crippen LogP contribution in [0.5, 0.6) is 0 Å². The highest BCUT2D eigenvalue weighted by molar-refractivity contribution is 7.91. The van der Waals surface area contributed by atoms with Gasteiger partial charge in [-0.1, -0.05) is 6.92 Å². The Bertz CT molecular complexity index is 268. The minimum absolute atomic E-state index is 0.187. The van der Waals surface area contributed by atoms with E-state index < -0.39 is 9.84 Å². The summed E-state index contributed by atoms with van der Waals surface area (Å²) in [6, 6.07) is 0. The summed E-state index contributed by atoms with van der Waals surface area (Å²) >= 11 is 0. The van der Waals surface area contributed by atoms with Crippen LogP contribution in [0.3, 0.4) is 0 Å². The second-order valence-electron chi connectivity index (χ2n) is 4.22. The third-order valence-corrected chi connectivity index (χ3v) is 4.63. The van der Waals surface area contributed by atoms with Gasteiger partial charge < -0.3 is 10.0 Å². The van der Waals surface area contributed by atoms with Gasteiger partial charge in [0.25, 0.3) is 0 Å². The molecule has 0 amide bonds. The Kier molecular flexibility index (Phi) is 5.02. The van der Waals surface area contributed by atoms with Gasteiger partial charge in [-0.2, -0.15) is 0 Å². The molecule has 4 nitrogen and oxygen atoms in total. The molecule has 0 radical (unpaired) electrons. The van der Waals surface area contributed by atoms with Gasteiger partial charge in [0.1, 0.15) is 0 Å². The zero-order valence-electron chi connectivity index (χ0n) is 9.35. The average molecular weight is 235 g/mol. The Morgan fingerprint density at radius 2 is 1.87 bits per heavy atom. The van der Waals surface area contributed by atoms with Crippen molar-refractivity contribution in [2.75, 3.05) is 31.1 Å². The number of piperidine rings is 1. The second kappa shape index (κ2) is 5.82. The molecule has 15 heavy (non-hydrogen) atoms. The van der Waals surface area contributed by atoms with E-state index in [2.05, 4.69) is 4.90 Å². The molecule has 0 atom stereocenters. The number of aliphatic hydroxyl groups is 1. The Balaban J connectivity index is 2.25. The van der Waals surface area contributed by atoms with Crippen molar-refractivity contribution < 1.29 is 13.5 Å². The molecule has 0 aromatic carbocycles. The monoisotopic (exact) mass is 235 g/mol. The van der Waals surface area contributed by atoms with E-state index in [1.54, 1.807) is 0 Å². The number of sulfone groups is 1. The fourth-order valence-electron chi connectivity index (χ4n) is 1.82. The Labute approximate surface area is 92.2 Å². The fraction of sp³-hybridized carbons (Fsp3) is 1.00. The largest absolute Gasteiger partial charge is 0.393 e. The van der Waals surface area contributed by atoms with E-state index in [9.17, 15) is 13.5 Å². The lowest BCUT2D eigenvalue weighted by Gasteiger charge is -2.29. The third kappa shape index (κ3) is 4.95. The van der Waals surface area contributed by atoms with Crippen LogP contribution in [0.1, 0.15) is 26.2 Å². The first-order valence-corrected chi connectivity index (χ1v) is 7.46. The van der Waals surface area contributed by atoms with Gasteiger partial charge >= 0.3 is 0 Å². The summed E-state index contributed by atoms with van der Waals surface area (Å²) in [5.74, 6) is 0.556. The minimum Gasteiger partial charge on any atom is -0.393 e. The van der Waals surface area contributed by atoms with Crippen molar-refractivity contribution in [3.05, 3.63) is 0 Å². The summed E-state index contributed by atoms with van der Waals surface area (Å²) in [6.07, 6.45) is 2.05. The molecule has 0 aromatic rings. The molecule has 0 aromatic heterocycles. The Hall–Kier alpha value is -0.130. The molecular weight excluding hydrogens is 214 g/mol. The normalized spacial score (nSPS) is 20.7. The molecular formula is C10H21NO3S. The second-order valence-corrected chi connectivity index (χ2v) is 6.53. The van der Waals surface area contributed by atoms with Crippen molar-refractivity contribution >= 4 is 9.84 Å². The molecule has 1 aliphatic rings. The van der Waals surface area contributed by atoms with Crippen LogP contribution in [0.15, 0.2) is 0 Å². The first-order valence-electron chi connectivity index (χ1n) is 5.64. The first-order chi connectivity index (χ1) is 7.03. The van der Waals surface area contributed by atoms with Crippen LogP contribution in [-0.4, -0.2) is 55.7 Å². The maximum atomic E-state index is 11.5. The van der Waals surface area contributed by atoms with Gasteiger partial charge in [-0.05, 0) is 19.3 Å². The van der Waals surface area contributed by atoms with E-state index >= 15 is 0 Å². The molecule has 0 aliphatic carbocycles. The van der Waals surface area contributed by atoms with Crippen molar-refractivity contribution in [1.82, 2.24) is 4.90 Å². The van der Waals surface area contributed by atoms with Gasteiger partial charge in [-0.25, -0.2) is 8.42 Å². The van der Waals surface area contributed by atoms with E-state index in [0.29, 0.717) is 18.7 Å². The van der Waals surface area contributed by atoms with Gasteiger partial charge in [0, 0.05) is 25.4 Å². The van der Waals surface area contributed by atoms with E-state index in [4.69, 9.17) is 0 Å². The molecule has 1 rings (SSSR count). The standard InChI is InChI=1S/C10H21NO3S/c1-2-8-15(13,14)9-7-11-5-3-10(12)4-6-11/h10,12H,2-9H2,1H3. The maximum Gasteiger partial charge on any atom is 0.151 e. The van der Waals surface area contributed by atoms with Crippen LogP contribution < -0.4 is 0 Å². The molecule has 0 unspecified atom stereocenters. The van der Waals surface area contributed by atoms with E-state index in [1.807, 2.05) is 6.92 Å². The van der Waals surface area contributed by atoms with Crippen LogP contribution in [-0.2, 0) is 9.84 Å². The van der Waals surface area contributed by atoms with Crippen molar-refractivity contribution in [2.45, 2.75) is 32.3 Å². The molecule has 5 heteroatoms. The van der Waals surface area contributed by atoms with Gasteiger partial charge in [-0.15, -0.1) is 0 Å². The summed E-state index contributed by atoms with van der Waals surface area (Å²) in [5, 5.41) is 9.29. The van der Waals surface area contributed by atoms with Crippen LogP contribution >= 0.6 is 0 Å². The smallest absolute Gasteiger partial charge is 0.151 e. The van der Waals surface area contributed by atoms with Crippen molar-refractivity contribution in [3.63, 3.8) is 0 Å². The summed E-state index contributed by atoms with van der Waals surface area (Å²) < 4.78 is 22.9. The Morgan fingerprint density at radius 3 is 2.40 bits per heavy atom. The highest BCUT2D eigenvalue weighted by Gasteiger charge is 2.18. The predicted octanol–water partition coefficient (Wildman–Crippen LogP) is 0.268. The summed E-state index contributed by atoms with van der Waals surface area (Å²) in [5.41, 5.74) is 0. The van der Waals surface area contributed by atoms with Crippen LogP contribution in [0.25, 0.3) is 0 Å². The highest BCUT2D eigenvalue weighted by atomic mass is 32.2. The zero-order chi connectivity index (χ0) is 11.3. The molecule has 1 aliphatic heterocycles. The molecule has 90 valence electrons. The van der Waals surface area contributed by atoms with Crippen LogP contribution in [0.2, 0.25) is 0 Å². The quantitative estimate of drug-likeness (QED) is 0.743. The summed E-state index contributed by atoms with van der Waals surface area (Å²) in [6.45, 7) is 4.15. The lowest BCUT2D eigenvalue weighted by atomic mass is 10.1. The molecule has 0 saturated carbocycles. The third-order valence-electron chi connectivity index (χ3n) is 2.79. The van der Waals surface area contributed by atoms with Crippen molar-refractivity contribution in [1.29, 1.82) is 0 Å². The zero-order valence-corrected chi connectivity index (χ0v) is 10.2. The van der Waals surface area contributed by atoms with Gasteiger partial charge in [0.05, 0.1) is 11.9 Å². The average Bonchev–Trinajstić information content (AvgIpc) is 2.17. The highest BCUT2D eigenvalue weighted by Crippen LogP contribution is 2.09. The number of aliphatic hydroxyl groups excluding tert-OH is 1. The number of nitrogens with zero attached hydrogens (tertiary/aromatic N) is 1. The van der Waals surface area contributed by atoms with Crippen LogP contribution in [0.4, 0.5) is 0 Å². The van der Waals surface area contributed by atoms with Gasteiger partial charge in [-0.3, -0.25) is 0 Å². The minimum atomic E-state index is -2.85.